The SMILES string of the molecule is CCOc1ccccc1-c1nc(CC(=O)Nc2ccc(N3CCCS3(=O)=O)cc2)cs1. The van der Waals surface area contributed by atoms with Crippen molar-refractivity contribution in [2.24, 2.45) is 0 Å². The van der Waals surface area contributed by atoms with Gasteiger partial charge in [0.05, 0.1) is 35.7 Å². The molecule has 1 saturated heterocycles. The van der Waals surface area contributed by atoms with Gasteiger partial charge in [0.2, 0.25) is 15.9 Å². The maximum absolute atomic E-state index is 12.5. The van der Waals surface area contributed by atoms with Crippen molar-refractivity contribution in [3.05, 3.63) is 59.6 Å². The Bertz CT molecular complexity index is 1170. The molecule has 0 aliphatic carbocycles. The molecular weight excluding hydrogens is 434 g/mol. The number of rotatable bonds is 7. The Kier molecular flexibility index (Phi) is 6.24. The molecule has 1 aliphatic heterocycles. The first-order valence-electron chi connectivity index (χ1n) is 10.0. The number of carbonyl (C=O) groups is 1. The number of benzene rings is 2. The highest BCUT2D eigenvalue weighted by atomic mass is 32.2. The Morgan fingerprint density at radius 2 is 1.97 bits per heavy atom. The summed E-state index contributed by atoms with van der Waals surface area (Å²) in [6.07, 6.45) is 0.779. The average Bonchev–Trinajstić information content (AvgIpc) is 3.35. The first-order valence-corrected chi connectivity index (χ1v) is 12.5. The standard InChI is InChI=1S/C22H23N3O4S2/c1-2-29-20-7-4-3-6-19(20)22-24-17(15-30-22)14-21(26)23-16-8-10-18(11-9-16)25-12-5-13-31(25,27)28/h3-4,6-11,15H,2,5,12-14H2,1H3,(H,23,26). The van der Waals surface area contributed by atoms with Crippen molar-refractivity contribution in [1.29, 1.82) is 0 Å². The highest BCUT2D eigenvalue weighted by Gasteiger charge is 2.28. The summed E-state index contributed by atoms with van der Waals surface area (Å²) in [4.78, 5) is 17.1. The van der Waals surface area contributed by atoms with E-state index in [1.165, 1.54) is 15.6 Å². The Hall–Kier alpha value is -2.91. The molecule has 0 atom stereocenters. The van der Waals surface area contributed by atoms with E-state index in [4.69, 9.17) is 4.74 Å². The second kappa shape index (κ2) is 9.07. The molecule has 0 radical (unpaired) electrons. The summed E-state index contributed by atoms with van der Waals surface area (Å²) in [5.74, 6) is 0.767. The summed E-state index contributed by atoms with van der Waals surface area (Å²) in [5, 5.41) is 5.53. The fourth-order valence-electron chi connectivity index (χ4n) is 3.45. The molecule has 9 heteroatoms. The van der Waals surface area contributed by atoms with Gasteiger partial charge in [-0.3, -0.25) is 9.10 Å². The van der Waals surface area contributed by atoms with E-state index in [9.17, 15) is 13.2 Å². The molecule has 7 nitrogen and oxygen atoms in total. The van der Waals surface area contributed by atoms with Crippen LogP contribution < -0.4 is 14.4 Å². The van der Waals surface area contributed by atoms with Crippen LogP contribution in [0.15, 0.2) is 53.9 Å². The number of hydrogen-bond donors (Lipinski definition) is 1. The van der Waals surface area contributed by atoms with Crippen LogP contribution in [0.1, 0.15) is 19.0 Å². The second-order valence-electron chi connectivity index (χ2n) is 7.09. The zero-order valence-corrected chi connectivity index (χ0v) is 18.7. The van der Waals surface area contributed by atoms with Gasteiger partial charge in [-0.1, -0.05) is 12.1 Å². The number of carbonyl (C=O) groups excluding carboxylic acids is 1. The van der Waals surface area contributed by atoms with Gasteiger partial charge in [0.1, 0.15) is 10.8 Å². The van der Waals surface area contributed by atoms with Crippen molar-refractivity contribution in [1.82, 2.24) is 4.98 Å². The summed E-state index contributed by atoms with van der Waals surface area (Å²) < 4.78 is 31.1. The Labute approximate surface area is 185 Å². The predicted molar refractivity (Wildman–Crippen MR) is 123 cm³/mol. The fourth-order valence-corrected chi connectivity index (χ4v) is 5.86. The van der Waals surface area contributed by atoms with Gasteiger partial charge in [-0.05, 0) is 49.7 Å². The number of para-hydroxylation sites is 1. The highest BCUT2D eigenvalue weighted by Crippen LogP contribution is 2.32. The number of thiazole rings is 1. The van der Waals surface area contributed by atoms with Gasteiger partial charge in [0, 0.05) is 17.6 Å². The Morgan fingerprint density at radius 1 is 1.19 bits per heavy atom. The molecular formula is C22H23N3O4S2. The van der Waals surface area contributed by atoms with Gasteiger partial charge in [-0.15, -0.1) is 11.3 Å². The van der Waals surface area contributed by atoms with Crippen LogP contribution in [0.2, 0.25) is 0 Å². The summed E-state index contributed by atoms with van der Waals surface area (Å²) in [6.45, 7) is 3.00. The number of anilines is 2. The molecule has 1 fully saturated rings. The quantitative estimate of drug-likeness (QED) is 0.581. The summed E-state index contributed by atoms with van der Waals surface area (Å²) in [6, 6.07) is 14.6. The number of ether oxygens (including phenoxy) is 1. The summed E-state index contributed by atoms with van der Waals surface area (Å²) in [7, 11) is -3.21. The molecule has 1 N–H and O–H groups in total. The molecule has 2 heterocycles. The Balaban J connectivity index is 1.40. The van der Waals surface area contributed by atoms with E-state index in [0.717, 1.165) is 16.3 Å². The Morgan fingerprint density at radius 3 is 2.68 bits per heavy atom. The zero-order valence-electron chi connectivity index (χ0n) is 17.1. The molecule has 0 saturated carbocycles. The average molecular weight is 458 g/mol. The third-order valence-corrected chi connectivity index (χ3v) is 7.64. The van der Waals surface area contributed by atoms with Gasteiger partial charge < -0.3 is 10.1 Å². The smallest absolute Gasteiger partial charge is 0.235 e. The largest absolute Gasteiger partial charge is 0.493 e. The van der Waals surface area contributed by atoms with Crippen LogP contribution in [0.4, 0.5) is 11.4 Å². The first kappa shape index (κ1) is 21.3. The number of nitrogens with one attached hydrogen (secondary N) is 1. The van der Waals surface area contributed by atoms with Crippen LogP contribution in [-0.4, -0.2) is 38.2 Å². The topological polar surface area (TPSA) is 88.6 Å². The molecule has 0 spiro atoms. The molecule has 1 aliphatic rings. The number of sulfonamides is 1. The maximum atomic E-state index is 12.5. The fraction of sp³-hybridized carbons (Fsp3) is 0.273. The van der Waals surface area contributed by atoms with Crippen molar-refractivity contribution in [2.45, 2.75) is 19.8 Å². The lowest BCUT2D eigenvalue weighted by Crippen LogP contribution is -2.25. The van der Waals surface area contributed by atoms with Crippen LogP contribution >= 0.6 is 11.3 Å². The molecule has 0 unspecified atom stereocenters. The van der Waals surface area contributed by atoms with Crippen LogP contribution in [0.5, 0.6) is 5.75 Å². The van der Waals surface area contributed by atoms with Crippen molar-refractivity contribution in [3.63, 3.8) is 0 Å². The number of amides is 1. The first-order chi connectivity index (χ1) is 15.0. The van der Waals surface area contributed by atoms with Crippen molar-refractivity contribution < 1.29 is 17.9 Å². The van der Waals surface area contributed by atoms with Gasteiger partial charge in [-0.2, -0.15) is 0 Å². The number of aromatic nitrogens is 1. The van der Waals surface area contributed by atoms with Crippen LogP contribution in [0, 0.1) is 0 Å². The monoisotopic (exact) mass is 457 g/mol. The molecule has 1 aromatic heterocycles. The third kappa shape index (κ3) is 4.88. The summed E-state index contributed by atoms with van der Waals surface area (Å²) >= 11 is 1.47. The van der Waals surface area contributed by atoms with Crippen LogP contribution in [0.3, 0.4) is 0 Å². The number of hydrogen-bond acceptors (Lipinski definition) is 6. The second-order valence-corrected chi connectivity index (χ2v) is 9.96. The van der Waals surface area contributed by atoms with Crippen molar-refractivity contribution in [3.8, 4) is 16.3 Å². The van der Waals surface area contributed by atoms with Gasteiger partial charge in [0.25, 0.3) is 0 Å². The van der Waals surface area contributed by atoms with Gasteiger partial charge >= 0.3 is 0 Å². The van der Waals surface area contributed by atoms with Crippen LogP contribution in [0.25, 0.3) is 10.6 Å². The van der Waals surface area contributed by atoms with Gasteiger partial charge in [0.15, 0.2) is 0 Å². The maximum Gasteiger partial charge on any atom is 0.235 e. The normalized spacial score (nSPS) is 15.1. The van der Waals surface area contributed by atoms with E-state index in [0.29, 0.717) is 36.6 Å². The predicted octanol–water partition coefficient (Wildman–Crippen LogP) is 3.93. The van der Waals surface area contributed by atoms with E-state index >= 15 is 0 Å². The third-order valence-electron chi connectivity index (χ3n) is 4.85. The van der Waals surface area contributed by atoms with E-state index in [2.05, 4.69) is 10.3 Å². The minimum absolute atomic E-state index is 0.148. The molecule has 31 heavy (non-hydrogen) atoms. The number of nitrogens with zero attached hydrogens (tertiary/aromatic N) is 2. The zero-order chi connectivity index (χ0) is 21.8. The van der Waals surface area contributed by atoms with Crippen molar-refractivity contribution >= 4 is 38.6 Å². The van der Waals surface area contributed by atoms with Gasteiger partial charge in [-0.25, -0.2) is 13.4 Å². The van der Waals surface area contributed by atoms with E-state index in [-0.39, 0.29) is 18.1 Å². The lowest BCUT2D eigenvalue weighted by atomic mass is 10.2. The molecule has 2 aromatic carbocycles. The van der Waals surface area contributed by atoms with E-state index in [1.807, 2.05) is 36.6 Å². The molecule has 162 valence electrons. The molecule has 0 bridgehead atoms. The lowest BCUT2D eigenvalue weighted by molar-refractivity contribution is -0.115. The molecule has 1 amide bonds. The highest BCUT2D eigenvalue weighted by molar-refractivity contribution is 7.93. The van der Waals surface area contributed by atoms with Crippen LogP contribution in [-0.2, 0) is 21.2 Å². The lowest BCUT2D eigenvalue weighted by Gasteiger charge is -2.17. The summed E-state index contributed by atoms with van der Waals surface area (Å²) in [5.41, 5.74) is 2.83. The van der Waals surface area contributed by atoms with Crippen molar-refractivity contribution in [2.75, 3.05) is 28.5 Å². The molecule has 4 rings (SSSR count). The minimum Gasteiger partial charge on any atom is -0.493 e. The molecule has 3 aromatic rings. The van der Waals surface area contributed by atoms with E-state index in [1.54, 1.807) is 24.3 Å². The van der Waals surface area contributed by atoms with E-state index < -0.39 is 10.0 Å². The minimum atomic E-state index is -3.21.